The molecule has 1 amide bonds. The number of amides is 1. The molecule has 1 aliphatic rings. The van der Waals surface area contributed by atoms with E-state index < -0.39 is 0 Å². The van der Waals surface area contributed by atoms with Gasteiger partial charge < -0.3 is 15.4 Å². The van der Waals surface area contributed by atoms with Gasteiger partial charge in [0.2, 0.25) is 5.91 Å². The van der Waals surface area contributed by atoms with Crippen LogP contribution >= 0.6 is 0 Å². The van der Waals surface area contributed by atoms with E-state index in [-0.39, 0.29) is 17.6 Å². The Balaban J connectivity index is 1.70. The molecular formula is C24H24N4O3. The van der Waals surface area contributed by atoms with Gasteiger partial charge in [0.15, 0.2) is 11.5 Å². The summed E-state index contributed by atoms with van der Waals surface area (Å²) in [5.41, 5.74) is 4.32. The van der Waals surface area contributed by atoms with Crippen molar-refractivity contribution in [3.8, 4) is 17.0 Å². The van der Waals surface area contributed by atoms with Gasteiger partial charge in [-0.3, -0.25) is 14.6 Å². The van der Waals surface area contributed by atoms with Crippen molar-refractivity contribution in [1.82, 2.24) is 9.97 Å². The summed E-state index contributed by atoms with van der Waals surface area (Å²) in [7, 11) is 1.60. The number of benzene rings is 1. The Morgan fingerprint density at radius 1 is 1.06 bits per heavy atom. The fourth-order valence-corrected chi connectivity index (χ4v) is 3.31. The zero-order valence-electron chi connectivity index (χ0n) is 17.7. The minimum atomic E-state index is -0.134. The standard InChI is InChI=1S/C24H24N4O3/c1-14-7-10-19(25-12-14)17-5-4-6-20(23(17)31-3)27-21-11-22(26-13-18(21)15(2)29)28-24(30)16-8-9-16/h4-7,10-13,16H,8-9H2,1-3H3,(H2,26,27,28,30). The molecule has 2 heterocycles. The van der Waals surface area contributed by atoms with Crippen LogP contribution in [0.2, 0.25) is 0 Å². The first kappa shape index (κ1) is 20.5. The number of para-hydroxylation sites is 1. The molecule has 1 aromatic carbocycles. The van der Waals surface area contributed by atoms with E-state index in [4.69, 9.17) is 4.74 Å². The number of nitrogens with zero attached hydrogens (tertiary/aromatic N) is 2. The summed E-state index contributed by atoms with van der Waals surface area (Å²) in [5.74, 6) is 0.891. The Bertz CT molecular complexity index is 1140. The van der Waals surface area contributed by atoms with Crippen LogP contribution < -0.4 is 15.4 Å². The number of Topliss-reactive ketones (excluding diaryl/α,β-unsaturated/α-hetero) is 1. The normalized spacial score (nSPS) is 12.9. The predicted molar refractivity (Wildman–Crippen MR) is 120 cm³/mol. The maximum atomic E-state index is 12.2. The van der Waals surface area contributed by atoms with Gasteiger partial charge in [-0.2, -0.15) is 0 Å². The van der Waals surface area contributed by atoms with Gasteiger partial charge in [-0.1, -0.05) is 12.1 Å². The molecule has 0 radical (unpaired) electrons. The van der Waals surface area contributed by atoms with Gasteiger partial charge in [0.05, 0.1) is 29.7 Å². The van der Waals surface area contributed by atoms with Crippen LogP contribution in [0.5, 0.6) is 5.75 Å². The molecule has 7 nitrogen and oxygen atoms in total. The lowest BCUT2D eigenvalue weighted by Gasteiger charge is -2.17. The highest BCUT2D eigenvalue weighted by molar-refractivity contribution is 6.01. The predicted octanol–water partition coefficient (Wildman–Crippen LogP) is 4.76. The molecule has 31 heavy (non-hydrogen) atoms. The number of pyridine rings is 2. The monoisotopic (exact) mass is 416 g/mol. The molecule has 3 aromatic rings. The average Bonchev–Trinajstić information content (AvgIpc) is 3.60. The van der Waals surface area contributed by atoms with Gasteiger partial charge in [-0.25, -0.2) is 4.98 Å². The SMILES string of the molecule is COc1c(Nc2cc(NC(=O)C3CC3)ncc2C(C)=O)cccc1-c1ccc(C)cn1. The van der Waals surface area contributed by atoms with E-state index >= 15 is 0 Å². The molecule has 158 valence electrons. The number of methoxy groups -OCH3 is 1. The molecule has 7 heteroatoms. The molecule has 1 saturated carbocycles. The fraction of sp³-hybridized carbons (Fsp3) is 0.250. The number of carbonyl (C=O) groups excluding carboxylic acids is 2. The van der Waals surface area contributed by atoms with Crippen LogP contribution in [-0.2, 0) is 4.79 Å². The molecule has 2 N–H and O–H groups in total. The first-order chi connectivity index (χ1) is 15.0. The minimum Gasteiger partial charge on any atom is -0.494 e. The lowest BCUT2D eigenvalue weighted by Crippen LogP contribution is -2.15. The van der Waals surface area contributed by atoms with E-state index in [0.717, 1.165) is 29.7 Å². The van der Waals surface area contributed by atoms with E-state index in [1.54, 1.807) is 19.4 Å². The third-order valence-corrected chi connectivity index (χ3v) is 5.16. The van der Waals surface area contributed by atoms with Gasteiger partial charge in [0.25, 0.3) is 0 Å². The number of aromatic nitrogens is 2. The second-order valence-corrected chi connectivity index (χ2v) is 7.67. The van der Waals surface area contributed by atoms with Crippen molar-refractivity contribution in [2.75, 3.05) is 17.7 Å². The number of aryl methyl sites for hydroxylation is 1. The second kappa shape index (κ2) is 8.55. The molecule has 0 atom stereocenters. The molecule has 0 aliphatic heterocycles. The van der Waals surface area contributed by atoms with Gasteiger partial charge in [-0.15, -0.1) is 0 Å². The van der Waals surface area contributed by atoms with Gasteiger partial charge >= 0.3 is 0 Å². The van der Waals surface area contributed by atoms with E-state index in [1.165, 1.54) is 13.1 Å². The highest BCUT2D eigenvalue weighted by Crippen LogP contribution is 2.38. The van der Waals surface area contributed by atoms with Crippen LogP contribution in [0.1, 0.15) is 35.7 Å². The second-order valence-electron chi connectivity index (χ2n) is 7.67. The van der Waals surface area contributed by atoms with Crippen molar-refractivity contribution in [2.45, 2.75) is 26.7 Å². The first-order valence-corrected chi connectivity index (χ1v) is 10.1. The van der Waals surface area contributed by atoms with Gasteiger partial charge in [0.1, 0.15) is 5.82 Å². The van der Waals surface area contributed by atoms with Crippen molar-refractivity contribution in [2.24, 2.45) is 5.92 Å². The van der Waals surface area contributed by atoms with Crippen LogP contribution in [0, 0.1) is 12.8 Å². The summed E-state index contributed by atoms with van der Waals surface area (Å²) in [6.45, 7) is 3.47. The highest BCUT2D eigenvalue weighted by Gasteiger charge is 2.30. The highest BCUT2D eigenvalue weighted by atomic mass is 16.5. The lowest BCUT2D eigenvalue weighted by molar-refractivity contribution is -0.117. The first-order valence-electron chi connectivity index (χ1n) is 10.1. The van der Waals surface area contributed by atoms with Crippen LogP contribution in [0.15, 0.2) is 48.8 Å². The molecule has 1 aliphatic carbocycles. The topological polar surface area (TPSA) is 93.2 Å². The summed E-state index contributed by atoms with van der Waals surface area (Å²) in [5, 5.41) is 6.11. The third-order valence-electron chi connectivity index (χ3n) is 5.16. The number of anilines is 3. The van der Waals surface area contributed by atoms with Crippen LogP contribution in [0.4, 0.5) is 17.2 Å². The van der Waals surface area contributed by atoms with Crippen LogP contribution in [0.3, 0.4) is 0 Å². The van der Waals surface area contributed by atoms with Crippen molar-refractivity contribution < 1.29 is 14.3 Å². The number of hydrogen-bond acceptors (Lipinski definition) is 6. The summed E-state index contributed by atoms with van der Waals surface area (Å²) >= 11 is 0. The average molecular weight is 416 g/mol. The van der Waals surface area contributed by atoms with E-state index in [2.05, 4.69) is 20.6 Å². The number of rotatable bonds is 7. The number of nitrogens with one attached hydrogen (secondary N) is 2. The quantitative estimate of drug-likeness (QED) is 0.540. The Morgan fingerprint density at radius 3 is 2.52 bits per heavy atom. The molecule has 2 aromatic heterocycles. The molecular weight excluding hydrogens is 392 g/mol. The van der Waals surface area contributed by atoms with Crippen molar-refractivity contribution in [3.63, 3.8) is 0 Å². The molecule has 1 fully saturated rings. The summed E-state index contributed by atoms with van der Waals surface area (Å²) in [4.78, 5) is 33.0. The molecule has 0 unspecified atom stereocenters. The molecule has 0 bridgehead atoms. The zero-order chi connectivity index (χ0) is 22.0. The maximum absolute atomic E-state index is 12.2. The van der Waals surface area contributed by atoms with Crippen molar-refractivity contribution >= 4 is 28.9 Å². The minimum absolute atomic E-state index is 0.0425. The Hall–Kier alpha value is -3.74. The van der Waals surface area contributed by atoms with Crippen LogP contribution in [-0.4, -0.2) is 28.8 Å². The smallest absolute Gasteiger partial charge is 0.228 e. The number of hydrogen-bond donors (Lipinski definition) is 2. The Labute approximate surface area is 180 Å². The number of ketones is 1. The molecule has 0 saturated heterocycles. The Morgan fingerprint density at radius 2 is 1.87 bits per heavy atom. The zero-order valence-corrected chi connectivity index (χ0v) is 17.7. The maximum Gasteiger partial charge on any atom is 0.228 e. The van der Waals surface area contributed by atoms with Gasteiger partial charge in [-0.05, 0) is 50.5 Å². The molecule has 4 rings (SSSR count). The summed E-state index contributed by atoms with van der Waals surface area (Å²) in [6.07, 6.45) is 5.09. The third kappa shape index (κ3) is 4.55. The van der Waals surface area contributed by atoms with E-state index in [0.29, 0.717) is 28.5 Å². The molecule has 0 spiro atoms. The van der Waals surface area contributed by atoms with E-state index in [1.807, 2.05) is 37.3 Å². The Kier molecular flexibility index (Phi) is 5.66. The van der Waals surface area contributed by atoms with Crippen molar-refractivity contribution in [1.29, 1.82) is 0 Å². The largest absolute Gasteiger partial charge is 0.494 e. The number of ether oxygens (including phenoxy) is 1. The van der Waals surface area contributed by atoms with Crippen molar-refractivity contribution in [3.05, 3.63) is 59.9 Å². The summed E-state index contributed by atoms with van der Waals surface area (Å²) < 4.78 is 5.70. The van der Waals surface area contributed by atoms with Gasteiger partial charge in [0, 0.05) is 29.9 Å². The summed E-state index contributed by atoms with van der Waals surface area (Å²) in [6, 6.07) is 11.3. The lowest BCUT2D eigenvalue weighted by atomic mass is 10.1. The van der Waals surface area contributed by atoms with E-state index in [9.17, 15) is 9.59 Å². The number of carbonyl (C=O) groups is 2. The fourth-order valence-electron chi connectivity index (χ4n) is 3.31. The van der Waals surface area contributed by atoms with Crippen LogP contribution in [0.25, 0.3) is 11.3 Å².